The van der Waals surface area contributed by atoms with E-state index in [1.54, 1.807) is 18.2 Å². The molecule has 0 atom stereocenters. The molecule has 0 fully saturated rings. The van der Waals surface area contributed by atoms with Crippen molar-refractivity contribution in [3.63, 3.8) is 0 Å². The number of amides is 3. The summed E-state index contributed by atoms with van der Waals surface area (Å²) in [7, 11) is 0. The second kappa shape index (κ2) is 7.34. The van der Waals surface area contributed by atoms with Crippen LogP contribution in [0.2, 0.25) is 0 Å². The van der Waals surface area contributed by atoms with Crippen molar-refractivity contribution in [1.29, 1.82) is 0 Å². The first-order valence-electron chi connectivity index (χ1n) is 7.74. The molecular weight excluding hydrogens is 360 g/mol. The molecule has 0 bridgehead atoms. The largest absolute Gasteiger partial charge is 0.350 e. The van der Waals surface area contributed by atoms with Gasteiger partial charge < -0.3 is 5.32 Å². The normalized spacial score (nSPS) is 13.6. The predicted molar refractivity (Wildman–Crippen MR) is 90.1 cm³/mol. The van der Waals surface area contributed by atoms with Crippen molar-refractivity contribution in [1.82, 2.24) is 10.8 Å². The first-order chi connectivity index (χ1) is 12.9. The molecule has 0 aromatic heterocycles. The summed E-state index contributed by atoms with van der Waals surface area (Å²) in [6.07, 6.45) is -0.123. The zero-order chi connectivity index (χ0) is 19.6. The highest BCUT2D eigenvalue weighted by Crippen LogP contribution is 2.28. The van der Waals surface area contributed by atoms with Crippen molar-refractivity contribution in [2.24, 2.45) is 0 Å². The van der Waals surface area contributed by atoms with Gasteiger partial charge in [-0.15, -0.1) is 0 Å². The van der Waals surface area contributed by atoms with E-state index in [9.17, 15) is 23.2 Å². The van der Waals surface area contributed by atoms with Crippen molar-refractivity contribution in [2.45, 2.75) is 6.42 Å². The number of hydrogen-bond acceptors (Lipinski definition) is 5. The number of halogens is 2. The number of carbonyl (C=O) groups is 3. The van der Waals surface area contributed by atoms with E-state index >= 15 is 0 Å². The number of hydrogen-bond donors (Lipinski definition) is 4. The summed E-state index contributed by atoms with van der Waals surface area (Å²) < 4.78 is 27.6. The molecule has 1 aliphatic rings. The Morgan fingerprint density at radius 1 is 1.07 bits per heavy atom. The van der Waals surface area contributed by atoms with Gasteiger partial charge in [-0.1, -0.05) is 24.3 Å². The van der Waals surface area contributed by atoms with Gasteiger partial charge in [0.2, 0.25) is 5.91 Å². The number of rotatable bonds is 5. The highest BCUT2D eigenvalue weighted by Gasteiger charge is 2.33. The maximum atomic E-state index is 14.1. The number of hydroxylamine groups is 1. The molecule has 3 rings (SSSR count). The maximum absolute atomic E-state index is 14.1. The average molecular weight is 373 g/mol. The molecule has 4 N–H and O–H groups in total. The van der Waals surface area contributed by atoms with Gasteiger partial charge in [-0.2, -0.15) is 0 Å². The molecule has 138 valence electrons. The lowest BCUT2D eigenvalue weighted by Crippen LogP contribution is -2.24. The van der Waals surface area contributed by atoms with Gasteiger partial charge >= 0.3 is 0 Å². The van der Waals surface area contributed by atoms with Gasteiger partial charge in [0.15, 0.2) is 11.6 Å². The van der Waals surface area contributed by atoms with Crippen molar-refractivity contribution >= 4 is 29.0 Å². The van der Waals surface area contributed by atoms with E-state index in [1.165, 1.54) is 23.7 Å². The van der Waals surface area contributed by atoms with E-state index in [0.717, 1.165) is 6.07 Å². The summed E-state index contributed by atoms with van der Waals surface area (Å²) in [5, 5.41) is 13.3. The van der Waals surface area contributed by atoms with Crippen LogP contribution in [0.25, 0.3) is 5.57 Å². The minimum absolute atomic E-state index is 0.123. The molecule has 0 spiro atoms. The van der Waals surface area contributed by atoms with Gasteiger partial charge in [0.05, 0.1) is 12.0 Å². The summed E-state index contributed by atoms with van der Waals surface area (Å²) in [6, 6.07) is 9.58. The molecule has 0 saturated heterocycles. The Labute approximate surface area is 151 Å². The summed E-state index contributed by atoms with van der Waals surface area (Å²) in [4.78, 5) is 35.5. The predicted octanol–water partition coefficient (Wildman–Crippen LogP) is 1.49. The minimum atomic E-state index is -1.25. The Morgan fingerprint density at radius 3 is 2.56 bits per heavy atom. The van der Waals surface area contributed by atoms with Crippen LogP contribution < -0.4 is 16.1 Å². The Balaban J connectivity index is 2.00. The van der Waals surface area contributed by atoms with E-state index < -0.39 is 29.4 Å². The minimum Gasteiger partial charge on any atom is -0.350 e. The number of anilines is 1. The summed E-state index contributed by atoms with van der Waals surface area (Å²) in [5.74, 6) is -4.68. The third-order valence-corrected chi connectivity index (χ3v) is 3.84. The molecular formula is C18H13F2N3O4. The van der Waals surface area contributed by atoms with Crippen LogP contribution in [0.4, 0.5) is 14.5 Å². The fourth-order valence-corrected chi connectivity index (χ4v) is 2.66. The molecule has 0 radical (unpaired) electrons. The molecule has 0 unspecified atom stereocenters. The number of imide groups is 1. The van der Waals surface area contributed by atoms with Crippen LogP contribution in [-0.2, 0) is 20.8 Å². The fraction of sp³-hybridized carbons (Fsp3) is 0.0556. The molecule has 2 aromatic rings. The molecule has 1 heterocycles. The Kier molecular flexibility index (Phi) is 4.95. The van der Waals surface area contributed by atoms with E-state index in [1.807, 2.05) is 5.32 Å². The maximum Gasteiger partial charge on any atom is 0.275 e. The summed E-state index contributed by atoms with van der Waals surface area (Å²) in [5.41, 5.74) is 1.44. The molecule has 3 amide bonds. The average Bonchev–Trinajstić information content (AvgIpc) is 2.91. The van der Waals surface area contributed by atoms with Crippen LogP contribution in [0.1, 0.15) is 11.1 Å². The van der Waals surface area contributed by atoms with Gasteiger partial charge in [0.25, 0.3) is 11.8 Å². The van der Waals surface area contributed by atoms with Crippen molar-refractivity contribution in [2.75, 3.05) is 5.32 Å². The van der Waals surface area contributed by atoms with Crippen LogP contribution in [-0.4, -0.2) is 22.9 Å². The highest BCUT2D eigenvalue weighted by molar-refractivity contribution is 6.36. The summed E-state index contributed by atoms with van der Waals surface area (Å²) >= 11 is 0. The quantitative estimate of drug-likeness (QED) is 0.361. The molecule has 9 heteroatoms. The second-order valence-electron chi connectivity index (χ2n) is 5.67. The smallest absolute Gasteiger partial charge is 0.275 e. The van der Waals surface area contributed by atoms with Crippen molar-refractivity contribution in [3.8, 4) is 0 Å². The number of nitrogens with one attached hydrogen (secondary N) is 3. The Bertz CT molecular complexity index is 988. The molecule has 27 heavy (non-hydrogen) atoms. The van der Waals surface area contributed by atoms with E-state index in [4.69, 9.17) is 5.21 Å². The van der Waals surface area contributed by atoms with Crippen LogP contribution in [0.15, 0.2) is 48.2 Å². The third-order valence-electron chi connectivity index (χ3n) is 3.84. The molecule has 0 aliphatic carbocycles. The van der Waals surface area contributed by atoms with Crippen molar-refractivity contribution in [3.05, 3.63) is 70.9 Å². The SMILES string of the molecule is O=C(Cc1cccc(NC2=C(c3cccc(F)c3F)C(=O)NC2=O)c1)NO. The third kappa shape index (κ3) is 3.67. The van der Waals surface area contributed by atoms with Gasteiger partial charge in [-0.05, 0) is 23.8 Å². The fourth-order valence-electron chi connectivity index (χ4n) is 2.66. The molecule has 0 saturated carbocycles. The van der Waals surface area contributed by atoms with Crippen LogP contribution >= 0.6 is 0 Å². The van der Waals surface area contributed by atoms with E-state index in [-0.39, 0.29) is 23.3 Å². The second-order valence-corrected chi connectivity index (χ2v) is 5.67. The molecule has 2 aromatic carbocycles. The Morgan fingerprint density at radius 2 is 1.81 bits per heavy atom. The Hall–Kier alpha value is -3.59. The summed E-state index contributed by atoms with van der Waals surface area (Å²) in [6.45, 7) is 0. The van der Waals surface area contributed by atoms with E-state index in [0.29, 0.717) is 11.3 Å². The number of carbonyl (C=O) groups excluding carboxylic acids is 3. The molecule has 1 aliphatic heterocycles. The topological polar surface area (TPSA) is 108 Å². The van der Waals surface area contributed by atoms with Gasteiger partial charge in [0, 0.05) is 11.3 Å². The first-order valence-corrected chi connectivity index (χ1v) is 7.74. The van der Waals surface area contributed by atoms with Crippen LogP contribution in [0.5, 0.6) is 0 Å². The lowest BCUT2D eigenvalue weighted by atomic mass is 10.0. The standard InChI is InChI=1S/C18H13F2N3O4/c19-12-6-2-5-11(15(12)20)14-16(18(26)22-17(14)25)21-10-4-1-3-9(7-10)8-13(24)23-27/h1-7,27H,8H2,(H,23,24)(H2,21,22,25,26). The van der Waals surface area contributed by atoms with Gasteiger partial charge in [-0.25, -0.2) is 14.3 Å². The highest BCUT2D eigenvalue weighted by atomic mass is 19.2. The van der Waals surface area contributed by atoms with Crippen LogP contribution in [0, 0.1) is 11.6 Å². The zero-order valence-corrected chi connectivity index (χ0v) is 13.7. The lowest BCUT2D eigenvalue weighted by molar-refractivity contribution is -0.128. The molecule has 7 nitrogen and oxygen atoms in total. The van der Waals surface area contributed by atoms with Gasteiger partial charge in [-0.3, -0.25) is 24.9 Å². The monoisotopic (exact) mass is 373 g/mol. The van der Waals surface area contributed by atoms with E-state index in [2.05, 4.69) is 5.32 Å². The van der Waals surface area contributed by atoms with Crippen LogP contribution in [0.3, 0.4) is 0 Å². The lowest BCUT2D eigenvalue weighted by Gasteiger charge is -2.10. The number of benzene rings is 2. The first kappa shape index (κ1) is 18.2. The van der Waals surface area contributed by atoms with Crippen molar-refractivity contribution < 1.29 is 28.4 Å². The van der Waals surface area contributed by atoms with Gasteiger partial charge in [0.1, 0.15) is 5.70 Å². The zero-order valence-electron chi connectivity index (χ0n) is 13.7.